The highest BCUT2D eigenvalue weighted by Gasteiger charge is 2.05. The summed E-state index contributed by atoms with van der Waals surface area (Å²) in [7, 11) is 0. The third kappa shape index (κ3) is 2.58. The second-order valence-corrected chi connectivity index (χ2v) is 3.40. The third-order valence-electron chi connectivity index (χ3n) is 2.10. The van der Waals surface area contributed by atoms with Crippen molar-refractivity contribution in [2.45, 2.75) is 13.5 Å². The number of aryl methyl sites for hydroxylation is 1. The first-order chi connectivity index (χ1) is 8.19. The molecule has 0 unspecified atom stereocenters. The molecule has 0 aliphatic rings. The molecule has 0 spiro atoms. The van der Waals surface area contributed by atoms with Gasteiger partial charge in [-0.15, -0.1) is 0 Å². The van der Waals surface area contributed by atoms with Crippen molar-refractivity contribution < 1.29 is 8.91 Å². The van der Waals surface area contributed by atoms with Crippen LogP contribution >= 0.6 is 0 Å². The molecule has 0 radical (unpaired) electrons. The molecule has 0 bridgehead atoms. The molecule has 1 aromatic heterocycles. The molecule has 1 aromatic carbocycles. The van der Waals surface area contributed by atoms with Crippen molar-refractivity contribution in [3.05, 3.63) is 41.3 Å². The molecule has 1 heterocycles. The SMILES string of the molecule is Cc1noc(CNc2ccc(C#N)c(F)c2)n1. The van der Waals surface area contributed by atoms with Gasteiger partial charge in [0.15, 0.2) is 5.82 Å². The Balaban J connectivity index is 2.05. The molecule has 2 aromatic rings. The Kier molecular flexibility index (Phi) is 3.01. The lowest BCUT2D eigenvalue weighted by Crippen LogP contribution is -2.00. The van der Waals surface area contributed by atoms with Gasteiger partial charge in [-0.25, -0.2) is 4.39 Å². The molecule has 0 atom stereocenters. The molecule has 0 saturated heterocycles. The average Bonchev–Trinajstić information content (AvgIpc) is 2.73. The standard InChI is InChI=1S/C11H9FN4O/c1-7-15-11(17-16-7)6-14-9-3-2-8(5-13)10(12)4-9/h2-4,14H,6H2,1H3. The van der Waals surface area contributed by atoms with Crippen LogP contribution in [0.25, 0.3) is 0 Å². The van der Waals surface area contributed by atoms with Crippen LogP contribution in [-0.2, 0) is 6.54 Å². The van der Waals surface area contributed by atoms with Crippen molar-refractivity contribution >= 4 is 5.69 Å². The maximum Gasteiger partial charge on any atom is 0.245 e. The number of halogens is 1. The van der Waals surface area contributed by atoms with Gasteiger partial charge in [0.05, 0.1) is 12.1 Å². The summed E-state index contributed by atoms with van der Waals surface area (Å²) in [5.41, 5.74) is 0.571. The monoisotopic (exact) mass is 232 g/mol. The number of hydrogen-bond acceptors (Lipinski definition) is 5. The van der Waals surface area contributed by atoms with Crippen LogP contribution in [0.15, 0.2) is 22.7 Å². The number of nitrogens with one attached hydrogen (secondary N) is 1. The minimum absolute atomic E-state index is 0.0178. The summed E-state index contributed by atoms with van der Waals surface area (Å²) in [6.45, 7) is 2.03. The van der Waals surface area contributed by atoms with Crippen LogP contribution in [-0.4, -0.2) is 10.1 Å². The van der Waals surface area contributed by atoms with Gasteiger partial charge in [-0.1, -0.05) is 5.16 Å². The predicted octanol–water partition coefficient (Wildman–Crippen LogP) is 2.00. The quantitative estimate of drug-likeness (QED) is 0.875. The van der Waals surface area contributed by atoms with Crippen molar-refractivity contribution in [3.8, 4) is 6.07 Å². The molecule has 5 nitrogen and oxygen atoms in total. The van der Waals surface area contributed by atoms with Crippen molar-refractivity contribution in [3.63, 3.8) is 0 Å². The largest absolute Gasteiger partial charge is 0.376 e. The van der Waals surface area contributed by atoms with Crippen LogP contribution in [0, 0.1) is 24.1 Å². The molecule has 0 saturated carbocycles. The number of nitriles is 1. The van der Waals surface area contributed by atoms with Gasteiger partial charge in [-0.05, 0) is 25.1 Å². The average molecular weight is 232 g/mol. The zero-order valence-corrected chi connectivity index (χ0v) is 9.07. The summed E-state index contributed by atoms with van der Waals surface area (Å²) in [4.78, 5) is 4.00. The molecular weight excluding hydrogens is 223 g/mol. The van der Waals surface area contributed by atoms with E-state index in [1.807, 2.05) is 0 Å². The van der Waals surface area contributed by atoms with Gasteiger partial charge < -0.3 is 9.84 Å². The van der Waals surface area contributed by atoms with E-state index in [0.717, 1.165) is 0 Å². The minimum Gasteiger partial charge on any atom is -0.376 e. The van der Waals surface area contributed by atoms with Crippen molar-refractivity contribution in [2.75, 3.05) is 5.32 Å². The highest BCUT2D eigenvalue weighted by atomic mass is 19.1. The van der Waals surface area contributed by atoms with E-state index in [4.69, 9.17) is 9.78 Å². The highest BCUT2D eigenvalue weighted by Crippen LogP contribution is 2.14. The zero-order valence-electron chi connectivity index (χ0n) is 9.07. The van der Waals surface area contributed by atoms with Crippen LogP contribution in [0.1, 0.15) is 17.3 Å². The summed E-state index contributed by atoms with van der Waals surface area (Å²) in [5.74, 6) is 0.416. The molecule has 0 fully saturated rings. The van der Waals surface area contributed by atoms with Crippen LogP contribution in [0.3, 0.4) is 0 Å². The molecule has 86 valence electrons. The highest BCUT2D eigenvalue weighted by molar-refractivity contribution is 5.48. The number of benzene rings is 1. The number of anilines is 1. The Morgan fingerprint density at radius 1 is 1.53 bits per heavy atom. The molecule has 0 aliphatic heterocycles. The summed E-state index contributed by atoms with van der Waals surface area (Å²) < 4.78 is 18.2. The van der Waals surface area contributed by atoms with E-state index in [9.17, 15) is 4.39 Å². The van der Waals surface area contributed by atoms with E-state index in [-0.39, 0.29) is 5.56 Å². The van der Waals surface area contributed by atoms with Gasteiger partial charge in [0.1, 0.15) is 11.9 Å². The molecule has 0 amide bonds. The number of rotatable bonds is 3. The maximum absolute atomic E-state index is 13.3. The van der Waals surface area contributed by atoms with Crippen LogP contribution in [0.2, 0.25) is 0 Å². The fraction of sp³-hybridized carbons (Fsp3) is 0.182. The Morgan fingerprint density at radius 2 is 2.35 bits per heavy atom. The minimum atomic E-state index is -0.556. The van der Waals surface area contributed by atoms with Gasteiger partial charge in [-0.3, -0.25) is 0 Å². The Labute approximate surface area is 96.9 Å². The van der Waals surface area contributed by atoms with Gasteiger partial charge in [0.25, 0.3) is 0 Å². The van der Waals surface area contributed by atoms with Crippen LogP contribution < -0.4 is 5.32 Å². The van der Waals surface area contributed by atoms with E-state index in [2.05, 4.69) is 15.5 Å². The number of nitrogens with zero attached hydrogens (tertiary/aromatic N) is 3. The van der Waals surface area contributed by atoms with E-state index in [1.165, 1.54) is 12.1 Å². The van der Waals surface area contributed by atoms with Crippen LogP contribution in [0.4, 0.5) is 10.1 Å². The predicted molar refractivity (Wildman–Crippen MR) is 57.5 cm³/mol. The lowest BCUT2D eigenvalue weighted by atomic mass is 10.2. The Morgan fingerprint density at radius 3 is 2.94 bits per heavy atom. The lowest BCUT2D eigenvalue weighted by Gasteiger charge is -2.03. The summed E-state index contributed by atoms with van der Waals surface area (Å²) in [6, 6.07) is 6.04. The second-order valence-electron chi connectivity index (χ2n) is 3.40. The van der Waals surface area contributed by atoms with E-state index >= 15 is 0 Å². The third-order valence-corrected chi connectivity index (χ3v) is 2.10. The summed E-state index contributed by atoms with van der Waals surface area (Å²) in [5, 5.41) is 15.1. The first kappa shape index (κ1) is 11.1. The van der Waals surface area contributed by atoms with E-state index < -0.39 is 5.82 Å². The number of hydrogen-bond donors (Lipinski definition) is 1. The fourth-order valence-electron chi connectivity index (χ4n) is 1.31. The first-order valence-electron chi connectivity index (χ1n) is 4.92. The second kappa shape index (κ2) is 4.61. The van der Waals surface area contributed by atoms with Gasteiger partial charge >= 0.3 is 0 Å². The Bertz CT molecular complexity index is 573. The van der Waals surface area contributed by atoms with Gasteiger partial charge in [0, 0.05) is 5.69 Å². The van der Waals surface area contributed by atoms with Crippen molar-refractivity contribution in [2.24, 2.45) is 0 Å². The van der Waals surface area contributed by atoms with E-state index in [0.29, 0.717) is 23.9 Å². The maximum atomic E-state index is 13.3. The van der Waals surface area contributed by atoms with Crippen LogP contribution in [0.5, 0.6) is 0 Å². The summed E-state index contributed by atoms with van der Waals surface area (Å²) in [6.07, 6.45) is 0. The van der Waals surface area contributed by atoms with Gasteiger partial charge in [0.2, 0.25) is 5.89 Å². The van der Waals surface area contributed by atoms with Gasteiger partial charge in [-0.2, -0.15) is 10.2 Å². The topological polar surface area (TPSA) is 74.7 Å². The molecular formula is C11H9FN4O. The summed E-state index contributed by atoms with van der Waals surface area (Å²) >= 11 is 0. The molecule has 2 rings (SSSR count). The Hall–Kier alpha value is -2.42. The molecule has 17 heavy (non-hydrogen) atoms. The first-order valence-corrected chi connectivity index (χ1v) is 4.92. The molecule has 6 heteroatoms. The smallest absolute Gasteiger partial charge is 0.245 e. The molecule has 0 aliphatic carbocycles. The zero-order chi connectivity index (χ0) is 12.3. The van der Waals surface area contributed by atoms with Crippen molar-refractivity contribution in [1.82, 2.24) is 10.1 Å². The lowest BCUT2D eigenvalue weighted by molar-refractivity contribution is 0.379. The fourth-order valence-corrected chi connectivity index (χ4v) is 1.31. The normalized spacial score (nSPS) is 9.94. The van der Waals surface area contributed by atoms with E-state index in [1.54, 1.807) is 19.1 Å². The molecule has 1 N–H and O–H groups in total. The van der Waals surface area contributed by atoms with Crippen molar-refractivity contribution in [1.29, 1.82) is 5.26 Å². The number of aromatic nitrogens is 2.